The minimum atomic E-state index is -0.127. The minimum absolute atomic E-state index is 0.127. The largest absolute Gasteiger partial charge is 0.369 e. The van der Waals surface area contributed by atoms with Gasteiger partial charge in [0.05, 0.1) is 5.69 Å². The van der Waals surface area contributed by atoms with Gasteiger partial charge in [-0.1, -0.05) is 6.42 Å². The summed E-state index contributed by atoms with van der Waals surface area (Å²) in [6.45, 7) is 4.29. The summed E-state index contributed by atoms with van der Waals surface area (Å²) in [5, 5.41) is 4.37. The first kappa shape index (κ1) is 19.7. The molecule has 0 spiro atoms. The van der Waals surface area contributed by atoms with Crippen LogP contribution in [-0.4, -0.2) is 53.1 Å². The van der Waals surface area contributed by atoms with Crippen molar-refractivity contribution in [3.05, 3.63) is 52.4 Å². The van der Waals surface area contributed by atoms with Gasteiger partial charge in [-0.05, 0) is 68.5 Å². The Balaban J connectivity index is 1.29. The number of hydrogen-bond donors (Lipinski definition) is 2. The Kier molecular flexibility index (Phi) is 4.86. The molecule has 166 valence electrons. The van der Waals surface area contributed by atoms with Crippen LogP contribution >= 0.6 is 0 Å². The molecule has 2 saturated carbocycles. The van der Waals surface area contributed by atoms with E-state index in [1.54, 1.807) is 6.07 Å². The average Bonchev–Trinajstić information content (AvgIpc) is 3.43. The smallest absolute Gasteiger partial charge is 0.249 e. The van der Waals surface area contributed by atoms with Gasteiger partial charge in [-0.25, -0.2) is 4.98 Å². The predicted octanol–water partition coefficient (Wildman–Crippen LogP) is 3.72. The summed E-state index contributed by atoms with van der Waals surface area (Å²) in [7, 11) is 2.17. The van der Waals surface area contributed by atoms with Gasteiger partial charge in [0.1, 0.15) is 5.65 Å². The van der Waals surface area contributed by atoms with Gasteiger partial charge in [0.15, 0.2) is 0 Å². The van der Waals surface area contributed by atoms with Crippen molar-refractivity contribution in [2.75, 3.05) is 43.4 Å². The van der Waals surface area contributed by atoms with Crippen LogP contribution in [0.15, 0.2) is 41.2 Å². The lowest BCUT2D eigenvalue weighted by molar-refractivity contribution is 0.313. The first-order valence-electron chi connectivity index (χ1n) is 11.8. The van der Waals surface area contributed by atoms with Crippen LogP contribution in [0.3, 0.4) is 0 Å². The van der Waals surface area contributed by atoms with Gasteiger partial charge in [-0.15, -0.1) is 0 Å². The van der Waals surface area contributed by atoms with Crippen LogP contribution in [0.2, 0.25) is 0 Å². The summed E-state index contributed by atoms with van der Waals surface area (Å²) in [6.07, 6.45) is 5.16. The van der Waals surface area contributed by atoms with Crippen molar-refractivity contribution in [1.29, 1.82) is 0 Å². The Morgan fingerprint density at radius 3 is 2.50 bits per heavy atom. The number of likely N-dealkylation sites (N-methyl/N-ethyl adjacent to an activating group) is 1. The summed E-state index contributed by atoms with van der Waals surface area (Å²) >= 11 is 0. The number of piperazine rings is 1. The Bertz CT molecular complexity index is 1180. The van der Waals surface area contributed by atoms with Crippen LogP contribution in [0.25, 0.3) is 11.0 Å². The SMILES string of the molecule is CN1CCN(c2ccc(Nc3nc(C4CC5CCC4C5)c4ccc(=O)[nH]c4n3)cc2)CC1. The molecule has 3 fully saturated rings. The first-order chi connectivity index (χ1) is 15.6. The molecule has 2 N–H and O–H groups in total. The van der Waals surface area contributed by atoms with E-state index < -0.39 is 0 Å². The lowest BCUT2D eigenvalue weighted by Crippen LogP contribution is -2.44. The Labute approximate surface area is 187 Å². The van der Waals surface area contributed by atoms with Gasteiger partial charge in [0, 0.05) is 54.9 Å². The Hall–Kier alpha value is -2.93. The third-order valence-electron chi connectivity index (χ3n) is 7.70. The summed E-state index contributed by atoms with van der Waals surface area (Å²) in [5.41, 5.74) is 3.80. The van der Waals surface area contributed by atoms with Crippen molar-refractivity contribution in [3.63, 3.8) is 0 Å². The zero-order chi connectivity index (χ0) is 21.7. The van der Waals surface area contributed by atoms with Crippen LogP contribution < -0.4 is 15.8 Å². The number of aromatic nitrogens is 3. The maximum atomic E-state index is 12.0. The second kappa shape index (κ2) is 7.89. The number of rotatable bonds is 4. The molecule has 32 heavy (non-hydrogen) atoms. The highest BCUT2D eigenvalue weighted by atomic mass is 16.1. The quantitative estimate of drug-likeness (QED) is 0.657. The normalized spacial score (nSPS) is 25.5. The van der Waals surface area contributed by atoms with Gasteiger partial charge < -0.3 is 20.1 Å². The topological polar surface area (TPSA) is 77.1 Å². The predicted molar refractivity (Wildman–Crippen MR) is 128 cm³/mol. The van der Waals surface area contributed by atoms with E-state index in [9.17, 15) is 4.79 Å². The molecule has 3 unspecified atom stereocenters. The molecule has 2 aliphatic carbocycles. The van der Waals surface area contributed by atoms with Crippen LogP contribution in [0, 0.1) is 11.8 Å². The molecular formula is C25H30N6O. The lowest BCUT2D eigenvalue weighted by atomic mass is 9.85. The fourth-order valence-electron chi connectivity index (χ4n) is 5.93. The molecule has 3 aliphatic rings. The molecule has 3 heterocycles. The van der Waals surface area contributed by atoms with E-state index in [2.05, 4.69) is 56.4 Å². The molecule has 2 aromatic heterocycles. The number of nitrogens with one attached hydrogen (secondary N) is 2. The molecule has 0 radical (unpaired) electrons. The molecule has 1 aromatic carbocycles. The summed E-state index contributed by atoms with van der Waals surface area (Å²) in [4.78, 5) is 29.3. The van der Waals surface area contributed by atoms with Crippen LogP contribution in [0.4, 0.5) is 17.3 Å². The number of nitrogens with zero attached hydrogens (tertiary/aromatic N) is 4. The standard InChI is InChI=1S/C25H30N6O/c1-30-10-12-31(13-11-30)19-6-4-18(5-7-19)26-25-28-23(21-15-16-2-3-17(21)14-16)20-8-9-22(32)27-24(20)29-25/h4-9,16-17,21H,2-3,10-15H2,1H3,(H2,26,27,28,29,32). The molecule has 7 nitrogen and oxygen atoms in total. The molecule has 3 aromatic rings. The van der Waals surface area contributed by atoms with E-state index >= 15 is 0 Å². The van der Waals surface area contributed by atoms with Gasteiger partial charge in [-0.3, -0.25) is 4.79 Å². The fourth-order valence-corrected chi connectivity index (χ4v) is 5.93. The van der Waals surface area contributed by atoms with E-state index in [0.717, 1.165) is 48.9 Å². The monoisotopic (exact) mass is 430 g/mol. The number of fused-ring (bicyclic) bond motifs is 3. The zero-order valence-electron chi connectivity index (χ0n) is 18.6. The van der Waals surface area contributed by atoms with Crippen molar-refractivity contribution >= 4 is 28.4 Å². The molecule has 0 amide bonds. The highest BCUT2D eigenvalue weighted by Gasteiger charge is 2.41. The van der Waals surface area contributed by atoms with E-state index in [0.29, 0.717) is 23.4 Å². The van der Waals surface area contributed by atoms with Crippen molar-refractivity contribution in [2.24, 2.45) is 11.8 Å². The van der Waals surface area contributed by atoms with Crippen LogP contribution in [-0.2, 0) is 0 Å². The first-order valence-corrected chi connectivity index (χ1v) is 11.8. The third-order valence-corrected chi connectivity index (χ3v) is 7.70. The van der Waals surface area contributed by atoms with Gasteiger partial charge >= 0.3 is 0 Å². The third kappa shape index (κ3) is 3.64. The highest BCUT2D eigenvalue weighted by molar-refractivity contribution is 5.79. The second-order valence-corrected chi connectivity index (χ2v) is 9.76. The molecule has 1 aliphatic heterocycles. The highest BCUT2D eigenvalue weighted by Crippen LogP contribution is 2.53. The number of hydrogen-bond acceptors (Lipinski definition) is 6. The maximum Gasteiger partial charge on any atom is 0.249 e. The number of pyridine rings is 1. The van der Waals surface area contributed by atoms with Gasteiger partial charge in [0.2, 0.25) is 11.5 Å². The van der Waals surface area contributed by atoms with Gasteiger partial charge in [-0.2, -0.15) is 4.98 Å². The molecule has 7 heteroatoms. The van der Waals surface area contributed by atoms with E-state index in [1.165, 1.54) is 31.4 Å². The average molecular weight is 431 g/mol. The molecule has 3 atom stereocenters. The maximum absolute atomic E-state index is 12.0. The number of anilines is 3. The molecule has 6 rings (SSSR count). The molecule has 1 saturated heterocycles. The Morgan fingerprint density at radius 2 is 1.78 bits per heavy atom. The van der Waals surface area contributed by atoms with Crippen LogP contribution in [0.1, 0.15) is 37.3 Å². The summed E-state index contributed by atoms with van der Waals surface area (Å²) < 4.78 is 0. The number of H-pyrrole nitrogens is 1. The zero-order valence-corrected chi connectivity index (χ0v) is 18.6. The minimum Gasteiger partial charge on any atom is -0.369 e. The summed E-state index contributed by atoms with van der Waals surface area (Å²) in [6, 6.07) is 12.0. The number of aromatic amines is 1. The van der Waals surface area contributed by atoms with Gasteiger partial charge in [0.25, 0.3) is 0 Å². The second-order valence-electron chi connectivity index (χ2n) is 9.76. The lowest BCUT2D eigenvalue weighted by Gasteiger charge is -2.34. The van der Waals surface area contributed by atoms with Crippen molar-refractivity contribution in [2.45, 2.75) is 31.6 Å². The number of benzene rings is 1. The van der Waals surface area contributed by atoms with Crippen LogP contribution in [0.5, 0.6) is 0 Å². The van der Waals surface area contributed by atoms with E-state index in [-0.39, 0.29) is 5.56 Å². The van der Waals surface area contributed by atoms with E-state index in [1.807, 2.05) is 6.07 Å². The van der Waals surface area contributed by atoms with Crippen molar-refractivity contribution < 1.29 is 0 Å². The Morgan fingerprint density at radius 1 is 0.969 bits per heavy atom. The van der Waals surface area contributed by atoms with Crippen molar-refractivity contribution in [1.82, 2.24) is 19.9 Å². The summed E-state index contributed by atoms with van der Waals surface area (Å²) in [5.74, 6) is 2.56. The fraction of sp³-hybridized carbons (Fsp3) is 0.480. The van der Waals surface area contributed by atoms with E-state index in [4.69, 9.17) is 4.98 Å². The van der Waals surface area contributed by atoms with Crippen molar-refractivity contribution in [3.8, 4) is 0 Å². The molecule has 2 bridgehead atoms. The molecular weight excluding hydrogens is 400 g/mol.